The molecule has 0 heterocycles. The predicted molar refractivity (Wildman–Crippen MR) is 67.9 cm³/mol. The van der Waals surface area contributed by atoms with Crippen LogP contribution in [0.3, 0.4) is 0 Å². The monoisotopic (exact) mass is 387 g/mol. The van der Waals surface area contributed by atoms with E-state index < -0.39 is 42.0 Å². The van der Waals surface area contributed by atoms with Crippen LogP contribution < -0.4 is 5.32 Å². The van der Waals surface area contributed by atoms with Crippen LogP contribution in [0.1, 0.15) is 6.42 Å². The zero-order valence-corrected chi connectivity index (χ0v) is 12.2. The van der Waals surface area contributed by atoms with Gasteiger partial charge in [-0.05, 0) is 0 Å². The molecule has 2 atom stereocenters. The Labute approximate surface area is 119 Å². The molecule has 3 N–H and O–H groups in total. The van der Waals surface area contributed by atoms with Crippen LogP contribution in [0, 0.1) is 5.92 Å². The van der Waals surface area contributed by atoms with E-state index in [-0.39, 0.29) is 10.7 Å². The van der Waals surface area contributed by atoms with Crippen molar-refractivity contribution in [2.24, 2.45) is 5.92 Å². The van der Waals surface area contributed by atoms with Gasteiger partial charge in [-0.3, -0.25) is 14.4 Å². The summed E-state index contributed by atoms with van der Waals surface area (Å²) in [5.41, 5.74) is 0. The molecule has 0 bridgehead atoms. The highest BCUT2D eigenvalue weighted by atomic mass is 79.9. The maximum Gasteiger partial charge on any atom is 0.327 e. The maximum atomic E-state index is 11.2. The molecule has 0 rings (SSSR count). The van der Waals surface area contributed by atoms with Gasteiger partial charge < -0.3 is 15.5 Å². The molecule has 0 aliphatic rings. The summed E-state index contributed by atoms with van der Waals surface area (Å²) < 4.78 is 0. The second-order valence-corrected chi connectivity index (χ2v) is 4.46. The number of hydrogen-bond donors (Lipinski definition) is 3. The van der Waals surface area contributed by atoms with Crippen molar-refractivity contribution in [2.75, 3.05) is 10.7 Å². The molecule has 0 aromatic heterocycles. The smallest absolute Gasteiger partial charge is 0.327 e. The van der Waals surface area contributed by atoms with Crippen molar-refractivity contribution in [1.82, 2.24) is 5.32 Å². The number of carbonyl (C=O) groups is 4. The first-order chi connectivity index (χ1) is 8.33. The van der Waals surface area contributed by atoms with E-state index in [1.807, 2.05) is 5.32 Å². The van der Waals surface area contributed by atoms with E-state index >= 15 is 0 Å². The quantitative estimate of drug-likeness (QED) is 0.503. The highest BCUT2D eigenvalue weighted by Gasteiger charge is 2.36. The van der Waals surface area contributed by atoms with Gasteiger partial charge in [-0.1, -0.05) is 31.9 Å². The van der Waals surface area contributed by atoms with Crippen LogP contribution in [-0.4, -0.2) is 50.5 Å². The van der Waals surface area contributed by atoms with E-state index in [4.69, 9.17) is 10.2 Å². The molecule has 2 unspecified atom stereocenters. The first-order valence-corrected chi connectivity index (χ1v) is 6.96. The number of halogens is 2. The van der Waals surface area contributed by atoms with Crippen molar-refractivity contribution in [2.45, 2.75) is 12.5 Å². The van der Waals surface area contributed by atoms with Gasteiger partial charge in [0.15, 0.2) is 0 Å². The van der Waals surface area contributed by atoms with Gasteiger partial charge in [-0.2, -0.15) is 0 Å². The summed E-state index contributed by atoms with van der Waals surface area (Å²) in [5.74, 6) is -5.58. The Balaban J connectivity index is 4.99. The standard InChI is InChI=1S/C9H11Br2NO6/c10-2-4(13)1-5(8(15)16)7(9(17)18)12-6(14)3-11/h5,7H,1-3H2,(H,12,14)(H,15,16)(H,17,18). The lowest BCUT2D eigenvalue weighted by Crippen LogP contribution is -2.49. The van der Waals surface area contributed by atoms with E-state index in [2.05, 4.69) is 31.9 Å². The minimum Gasteiger partial charge on any atom is -0.481 e. The van der Waals surface area contributed by atoms with Crippen LogP contribution in [-0.2, 0) is 19.2 Å². The fourth-order valence-corrected chi connectivity index (χ4v) is 1.58. The third-order valence-electron chi connectivity index (χ3n) is 2.02. The Bertz CT molecular complexity index is 325. The highest BCUT2D eigenvalue weighted by molar-refractivity contribution is 9.09. The minimum absolute atomic E-state index is 0.0739. The summed E-state index contributed by atoms with van der Waals surface area (Å²) in [5, 5.41) is 19.6. The van der Waals surface area contributed by atoms with E-state index in [0.717, 1.165) is 0 Å². The fourth-order valence-electron chi connectivity index (χ4n) is 1.19. The van der Waals surface area contributed by atoms with Gasteiger partial charge >= 0.3 is 11.9 Å². The molecule has 18 heavy (non-hydrogen) atoms. The molecule has 1 amide bonds. The molecule has 9 heteroatoms. The van der Waals surface area contributed by atoms with Crippen molar-refractivity contribution in [3.05, 3.63) is 0 Å². The van der Waals surface area contributed by atoms with Crippen LogP contribution in [0.4, 0.5) is 0 Å². The summed E-state index contributed by atoms with van der Waals surface area (Å²) in [6, 6.07) is -1.64. The van der Waals surface area contributed by atoms with Crippen molar-refractivity contribution in [1.29, 1.82) is 0 Å². The summed E-state index contributed by atoms with van der Waals surface area (Å²) in [7, 11) is 0. The van der Waals surface area contributed by atoms with Crippen LogP contribution in [0.5, 0.6) is 0 Å². The first-order valence-electron chi connectivity index (χ1n) is 4.72. The molecule has 7 nitrogen and oxygen atoms in total. The molecule has 0 saturated heterocycles. The second kappa shape index (κ2) is 8.20. The average molecular weight is 389 g/mol. The molecule has 0 aliphatic heterocycles. The van der Waals surface area contributed by atoms with Gasteiger partial charge in [0, 0.05) is 6.42 Å². The second-order valence-electron chi connectivity index (χ2n) is 3.34. The van der Waals surface area contributed by atoms with E-state index in [0.29, 0.717) is 0 Å². The number of carboxylic acids is 2. The first kappa shape index (κ1) is 17.0. The molecule has 0 aromatic carbocycles. The summed E-state index contributed by atoms with van der Waals surface area (Å²) in [4.78, 5) is 44.2. The molecular weight excluding hydrogens is 378 g/mol. The molecule has 0 aromatic rings. The lowest BCUT2D eigenvalue weighted by atomic mass is 9.94. The Hall–Kier alpha value is -0.960. The molecular formula is C9H11Br2NO6. The summed E-state index contributed by atoms with van der Waals surface area (Å²) >= 11 is 5.67. The Morgan fingerprint density at radius 1 is 1.00 bits per heavy atom. The number of amides is 1. The number of rotatable bonds is 8. The van der Waals surface area contributed by atoms with Crippen LogP contribution in [0.25, 0.3) is 0 Å². The van der Waals surface area contributed by atoms with Crippen molar-refractivity contribution in [3.63, 3.8) is 0 Å². The third kappa shape index (κ3) is 5.58. The largest absolute Gasteiger partial charge is 0.481 e. The average Bonchev–Trinajstić information content (AvgIpc) is 2.31. The zero-order valence-electron chi connectivity index (χ0n) is 9.06. The molecule has 0 saturated carbocycles. The van der Waals surface area contributed by atoms with Gasteiger partial charge in [0.2, 0.25) is 5.91 Å². The minimum atomic E-state index is -1.64. The number of alkyl halides is 2. The van der Waals surface area contributed by atoms with E-state index in [1.165, 1.54) is 0 Å². The van der Waals surface area contributed by atoms with Gasteiger partial charge in [0.1, 0.15) is 11.8 Å². The number of carbonyl (C=O) groups excluding carboxylic acids is 2. The normalized spacial score (nSPS) is 13.4. The maximum absolute atomic E-state index is 11.2. The Morgan fingerprint density at radius 2 is 1.56 bits per heavy atom. The van der Waals surface area contributed by atoms with Gasteiger partial charge in [-0.15, -0.1) is 0 Å². The fraction of sp³-hybridized carbons (Fsp3) is 0.556. The molecule has 0 aliphatic carbocycles. The van der Waals surface area contributed by atoms with Crippen molar-refractivity contribution >= 4 is 55.5 Å². The van der Waals surface area contributed by atoms with Crippen LogP contribution >= 0.6 is 31.9 Å². The van der Waals surface area contributed by atoms with Gasteiger partial charge in [0.25, 0.3) is 0 Å². The predicted octanol–water partition coefficient (Wildman–Crippen LogP) is 0.00560. The molecule has 0 fully saturated rings. The number of hydrogen-bond acceptors (Lipinski definition) is 4. The van der Waals surface area contributed by atoms with Crippen molar-refractivity contribution in [3.8, 4) is 0 Å². The molecule has 102 valence electrons. The van der Waals surface area contributed by atoms with Crippen LogP contribution in [0.2, 0.25) is 0 Å². The molecule has 0 spiro atoms. The lowest BCUT2D eigenvalue weighted by molar-refractivity contribution is -0.153. The number of Topliss-reactive ketones (excluding diaryl/α,β-unsaturated/α-hetero) is 1. The van der Waals surface area contributed by atoms with Gasteiger partial charge in [-0.25, -0.2) is 4.79 Å². The summed E-state index contributed by atoms with van der Waals surface area (Å²) in [6.45, 7) is 0. The Kier molecular flexibility index (Phi) is 7.76. The number of nitrogens with one attached hydrogen (secondary N) is 1. The topological polar surface area (TPSA) is 121 Å². The highest BCUT2D eigenvalue weighted by Crippen LogP contribution is 2.12. The van der Waals surface area contributed by atoms with Crippen molar-refractivity contribution < 1.29 is 29.4 Å². The number of ketones is 1. The zero-order chi connectivity index (χ0) is 14.3. The number of carboxylic acid groups (broad SMARTS) is 2. The third-order valence-corrected chi connectivity index (χ3v) is 3.15. The van der Waals surface area contributed by atoms with E-state index in [1.54, 1.807) is 0 Å². The van der Waals surface area contributed by atoms with Crippen LogP contribution in [0.15, 0.2) is 0 Å². The van der Waals surface area contributed by atoms with Gasteiger partial charge in [0.05, 0.1) is 16.6 Å². The summed E-state index contributed by atoms with van der Waals surface area (Å²) in [6.07, 6.45) is -0.472. The SMILES string of the molecule is O=C(CBr)CC(C(=O)O)C(NC(=O)CBr)C(=O)O. The van der Waals surface area contributed by atoms with E-state index in [9.17, 15) is 19.2 Å². The number of aliphatic carboxylic acids is 2. The Morgan fingerprint density at radius 3 is 1.89 bits per heavy atom. The molecule has 0 radical (unpaired) electrons. The lowest BCUT2D eigenvalue weighted by Gasteiger charge is -2.20.